The van der Waals surface area contributed by atoms with E-state index in [1.807, 2.05) is 24.3 Å². The molecule has 2 heterocycles. The molecular weight excluding hydrogens is 276 g/mol. The lowest BCUT2D eigenvalue weighted by atomic mass is 9.99. The van der Waals surface area contributed by atoms with Crippen LogP contribution in [0.1, 0.15) is 18.4 Å². The zero-order valence-electron chi connectivity index (χ0n) is 12.7. The van der Waals surface area contributed by atoms with Gasteiger partial charge in [-0.25, -0.2) is 4.98 Å². The van der Waals surface area contributed by atoms with E-state index in [9.17, 15) is 0 Å². The highest BCUT2D eigenvalue weighted by Gasteiger charge is 2.21. The molecule has 0 bridgehead atoms. The third kappa shape index (κ3) is 3.95. The Kier molecular flexibility index (Phi) is 4.85. The Morgan fingerprint density at radius 3 is 2.91 bits per heavy atom. The van der Waals surface area contributed by atoms with Crippen molar-refractivity contribution in [2.45, 2.75) is 19.4 Å². The van der Waals surface area contributed by atoms with Gasteiger partial charge in [0.2, 0.25) is 5.95 Å². The zero-order chi connectivity index (χ0) is 15.2. The highest BCUT2D eigenvalue weighted by atomic mass is 16.5. The van der Waals surface area contributed by atoms with Gasteiger partial charge in [0.25, 0.3) is 0 Å². The standard InChI is InChI=1S/C17H22N4O/c18-17-19-9-8-16(20-17)21-10-4-7-15(11-21)13-22-12-14-5-2-1-3-6-14/h1-3,5-6,8-9,15H,4,7,10-13H2,(H2,18,19,20). The number of rotatable bonds is 5. The molecule has 2 N–H and O–H groups in total. The summed E-state index contributed by atoms with van der Waals surface area (Å²) in [5, 5.41) is 0. The highest BCUT2D eigenvalue weighted by molar-refractivity contribution is 5.41. The monoisotopic (exact) mass is 298 g/mol. The Labute approximate surface area is 131 Å². The second kappa shape index (κ2) is 7.22. The average molecular weight is 298 g/mol. The van der Waals surface area contributed by atoms with Crippen LogP contribution in [0.25, 0.3) is 0 Å². The smallest absolute Gasteiger partial charge is 0.221 e. The van der Waals surface area contributed by atoms with E-state index in [0.29, 0.717) is 18.5 Å². The van der Waals surface area contributed by atoms with Gasteiger partial charge in [-0.1, -0.05) is 30.3 Å². The zero-order valence-corrected chi connectivity index (χ0v) is 12.7. The fourth-order valence-corrected chi connectivity index (χ4v) is 2.87. The number of nitrogen functional groups attached to an aromatic ring is 1. The molecule has 1 unspecified atom stereocenters. The van der Waals surface area contributed by atoms with Gasteiger partial charge in [0.1, 0.15) is 5.82 Å². The molecule has 116 valence electrons. The van der Waals surface area contributed by atoms with E-state index in [2.05, 4.69) is 27.0 Å². The van der Waals surface area contributed by atoms with Crippen LogP contribution in [0.15, 0.2) is 42.6 Å². The normalized spacial score (nSPS) is 18.4. The van der Waals surface area contributed by atoms with Gasteiger partial charge in [-0.15, -0.1) is 0 Å². The van der Waals surface area contributed by atoms with E-state index >= 15 is 0 Å². The maximum absolute atomic E-state index is 5.88. The largest absolute Gasteiger partial charge is 0.376 e. The number of hydrogen-bond acceptors (Lipinski definition) is 5. The number of piperidine rings is 1. The Bertz CT molecular complexity index is 590. The third-order valence-electron chi connectivity index (χ3n) is 3.97. The van der Waals surface area contributed by atoms with Crippen LogP contribution in [0.5, 0.6) is 0 Å². The summed E-state index contributed by atoms with van der Waals surface area (Å²) < 4.78 is 5.88. The Balaban J connectivity index is 1.50. The first-order valence-electron chi connectivity index (χ1n) is 7.76. The van der Waals surface area contributed by atoms with E-state index in [4.69, 9.17) is 10.5 Å². The molecule has 0 radical (unpaired) electrons. The summed E-state index contributed by atoms with van der Waals surface area (Å²) in [6, 6.07) is 12.2. The lowest BCUT2D eigenvalue weighted by Crippen LogP contribution is -2.37. The van der Waals surface area contributed by atoms with Gasteiger partial charge in [0.05, 0.1) is 13.2 Å². The van der Waals surface area contributed by atoms with Gasteiger partial charge >= 0.3 is 0 Å². The summed E-state index contributed by atoms with van der Waals surface area (Å²) >= 11 is 0. The van der Waals surface area contributed by atoms with E-state index < -0.39 is 0 Å². The van der Waals surface area contributed by atoms with Crippen LogP contribution in [0, 0.1) is 5.92 Å². The average Bonchev–Trinajstić information content (AvgIpc) is 2.56. The fraction of sp³-hybridized carbons (Fsp3) is 0.412. The van der Waals surface area contributed by atoms with Crippen molar-refractivity contribution in [2.24, 2.45) is 5.92 Å². The third-order valence-corrected chi connectivity index (χ3v) is 3.97. The van der Waals surface area contributed by atoms with Crippen molar-refractivity contribution in [1.82, 2.24) is 9.97 Å². The van der Waals surface area contributed by atoms with Gasteiger partial charge < -0.3 is 15.4 Å². The molecule has 1 aromatic carbocycles. The molecule has 0 amide bonds. The van der Waals surface area contributed by atoms with Crippen LogP contribution in [-0.4, -0.2) is 29.7 Å². The summed E-state index contributed by atoms with van der Waals surface area (Å²) in [5.74, 6) is 1.79. The molecule has 5 nitrogen and oxygen atoms in total. The van der Waals surface area contributed by atoms with Crippen LogP contribution in [0.2, 0.25) is 0 Å². The van der Waals surface area contributed by atoms with E-state index in [1.165, 1.54) is 12.0 Å². The summed E-state index contributed by atoms with van der Waals surface area (Å²) in [6.45, 7) is 3.45. The molecule has 3 rings (SSSR count). The molecule has 2 aromatic rings. The maximum atomic E-state index is 5.88. The molecule has 0 saturated carbocycles. The Morgan fingerprint density at radius 1 is 1.23 bits per heavy atom. The molecule has 1 atom stereocenters. The number of aromatic nitrogens is 2. The summed E-state index contributed by atoms with van der Waals surface area (Å²) in [6.07, 6.45) is 4.07. The van der Waals surface area contributed by atoms with Crippen LogP contribution in [-0.2, 0) is 11.3 Å². The van der Waals surface area contributed by atoms with Gasteiger partial charge in [0.15, 0.2) is 0 Å². The minimum absolute atomic E-state index is 0.333. The fourth-order valence-electron chi connectivity index (χ4n) is 2.87. The Morgan fingerprint density at radius 2 is 2.09 bits per heavy atom. The molecule has 0 aliphatic carbocycles. The molecule has 1 fully saturated rings. The number of anilines is 2. The van der Waals surface area contributed by atoms with E-state index in [1.54, 1.807) is 6.20 Å². The van der Waals surface area contributed by atoms with E-state index in [0.717, 1.165) is 31.9 Å². The quantitative estimate of drug-likeness (QED) is 0.918. The van der Waals surface area contributed by atoms with Crippen molar-refractivity contribution < 1.29 is 4.74 Å². The summed E-state index contributed by atoms with van der Waals surface area (Å²) in [5.41, 5.74) is 6.89. The first-order valence-corrected chi connectivity index (χ1v) is 7.76. The van der Waals surface area contributed by atoms with Gasteiger partial charge in [0, 0.05) is 19.3 Å². The molecular formula is C17H22N4O. The van der Waals surface area contributed by atoms with Crippen LogP contribution in [0.4, 0.5) is 11.8 Å². The molecule has 1 aliphatic rings. The van der Waals surface area contributed by atoms with Crippen molar-refractivity contribution in [3.8, 4) is 0 Å². The first kappa shape index (κ1) is 14.8. The number of hydrogen-bond donors (Lipinski definition) is 1. The molecule has 1 aliphatic heterocycles. The lowest BCUT2D eigenvalue weighted by molar-refractivity contribution is 0.0816. The number of benzene rings is 1. The van der Waals surface area contributed by atoms with Crippen molar-refractivity contribution in [2.75, 3.05) is 30.3 Å². The molecule has 22 heavy (non-hydrogen) atoms. The van der Waals surface area contributed by atoms with Crippen molar-refractivity contribution in [3.05, 3.63) is 48.2 Å². The molecule has 0 spiro atoms. The molecule has 1 aromatic heterocycles. The van der Waals surface area contributed by atoms with Crippen LogP contribution in [0.3, 0.4) is 0 Å². The number of nitrogens with zero attached hydrogens (tertiary/aromatic N) is 3. The summed E-state index contributed by atoms with van der Waals surface area (Å²) in [4.78, 5) is 10.5. The van der Waals surface area contributed by atoms with Crippen molar-refractivity contribution >= 4 is 11.8 Å². The van der Waals surface area contributed by atoms with Gasteiger partial charge in [-0.05, 0) is 30.4 Å². The van der Waals surface area contributed by atoms with Crippen LogP contribution >= 0.6 is 0 Å². The lowest BCUT2D eigenvalue weighted by Gasteiger charge is -2.33. The molecule has 5 heteroatoms. The van der Waals surface area contributed by atoms with Crippen molar-refractivity contribution in [3.63, 3.8) is 0 Å². The maximum Gasteiger partial charge on any atom is 0.221 e. The Hall–Kier alpha value is -2.14. The van der Waals surface area contributed by atoms with Crippen LogP contribution < -0.4 is 10.6 Å². The van der Waals surface area contributed by atoms with Gasteiger partial charge in [-0.2, -0.15) is 4.98 Å². The minimum Gasteiger partial charge on any atom is -0.376 e. The number of nitrogens with two attached hydrogens (primary N) is 1. The predicted molar refractivity (Wildman–Crippen MR) is 87.5 cm³/mol. The SMILES string of the molecule is Nc1nccc(N2CCCC(COCc3ccccc3)C2)n1. The second-order valence-electron chi connectivity index (χ2n) is 5.73. The topological polar surface area (TPSA) is 64.3 Å². The van der Waals surface area contributed by atoms with Crippen molar-refractivity contribution in [1.29, 1.82) is 0 Å². The molecule has 1 saturated heterocycles. The second-order valence-corrected chi connectivity index (χ2v) is 5.73. The first-order chi connectivity index (χ1) is 10.8. The minimum atomic E-state index is 0.333. The summed E-state index contributed by atoms with van der Waals surface area (Å²) in [7, 11) is 0. The number of ether oxygens (including phenoxy) is 1. The highest BCUT2D eigenvalue weighted by Crippen LogP contribution is 2.22. The predicted octanol–water partition coefficient (Wildman–Crippen LogP) is 2.49. The van der Waals surface area contributed by atoms with E-state index in [-0.39, 0.29) is 0 Å². The van der Waals surface area contributed by atoms with Gasteiger partial charge in [-0.3, -0.25) is 0 Å².